The first kappa shape index (κ1) is 53.4. The smallest absolute Gasteiger partial charge is 0.250 e. The molecule has 3 aliphatic heterocycles. The molecule has 4 heterocycles. The van der Waals surface area contributed by atoms with Crippen LogP contribution in [0.25, 0.3) is 26.5 Å². The minimum atomic E-state index is -0.803. The quantitative estimate of drug-likeness (QED) is 0.0691. The van der Waals surface area contributed by atoms with Gasteiger partial charge in [0.1, 0.15) is 17.1 Å². The van der Waals surface area contributed by atoms with Gasteiger partial charge in [0.05, 0.1) is 43.9 Å². The van der Waals surface area contributed by atoms with Crippen LogP contribution in [0.2, 0.25) is 0 Å². The Balaban J connectivity index is 0.871. The number of thioether (sulfide) groups is 1. The first-order chi connectivity index (χ1) is 35.7. The normalized spacial score (nSPS) is 17.4. The summed E-state index contributed by atoms with van der Waals surface area (Å²) in [6.07, 6.45) is 7.03. The first-order valence-electron chi connectivity index (χ1n) is 25.7. The number of allylic oxidation sites excluding steroid dienone is 1. The number of carbonyl (C=O) groups is 4. The maximum Gasteiger partial charge on any atom is 0.250 e. The van der Waals surface area contributed by atoms with Crippen molar-refractivity contribution in [3.05, 3.63) is 155 Å². The van der Waals surface area contributed by atoms with E-state index in [-0.39, 0.29) is 29.7 Å². The molecule has 5 aromatic rings. The molecule has 3 fully saturated rings. The van der Waals surface area contributed by atoms with Crippen LogP contribution in [0, 0.1) is 0 Å². The van der Waals surface area contributed by atoms with Crippen LogP contribution in [0.1, 0.15) is 85.8 Å². The largest absolute Gasteiger partial charge is 0.379 e. The summed E-state index contributed by atoms with van der Waals surface area (Å²) in [5.41, 5.74) is 5.79. The van der Waals surface area contributed by atoms with Crippen molar-refractivity contribution in [1.82, 2.24) is 35.2 Å². The third-order valence-corrected chi connectivity index (χ3v) is 15.9. The molecule has 1 aromatic heterocycles. The van der Waals surface area contributed by atoms with Gasteiger partial charge in [-0.1, -0.05) is 141 Å². The molecule has 0 bridgehead atoms. The first-order valence-corrected chi connectivity index (χ1v) is 27.4. The molecule has 3 unspecified atom stereocenters. The summed E-state index contributed by atoms with van der Waals surface area (Å²) in [7, 11) is 0. The second kappa shape index (κ2) is 26.8. The van der Waals surface area contributed by atoms with Crippen LogP contribution in [-0.4, -0.2) is 134 Å². The van der Waals surface area contributed by atoms with Gasteiger partial charge in [0, 0.05) is 81.2 Å². The molecule has 13 nitrogen and oxygen atoms in total. The number of ether oxygens (including phenoxy) is 2. The highest BCUT2D eigenvalue weighted by molar-refractivity contribution is 8.11. The van der Waals surface area contributed by atoms with E-state index >= 15 is 0 Å². The Bertz CT molecular complexity index is 2630. The number of aromatic nitrogens is 1. The Hall–Kier alpha value is -5.94. The molecule has 2 N–H and O–H groups in total. The molecule has 15 heteroatoms. The lowest BCUT2D eigenvalue weighted by Gasteiger charge is -2.29. The van der Waals surface area contributed by atoms with Gasteiger partial charge in [0.15, 0.2) is 0 Å². The number of rotatable bonds is 22. The third-order valence-electron chi connectivity index (χ3n) is 13.6. The van der Waals surface area contributed by atoms with Crippen molar-refractivity contribution < 1.29 is 28.7 Å². The van der Waals surface area contributed by atoms with Crippen LogP contribution < -0.4 is 10.6 Å². The predicted molar refractivity (Wildman–Crippen MR) is 292 cm³/mol. The summed E-state index contributed by atoms with van der Waals surface area (Å²) in [5.74, 6) is -0.555. The van der Waals surface area contributed by atoms with E-state index in [2.05, 4.69) is 81.6 Å². The Morgan fingerprint density at radius 1 is 0.753 bits per heavy atom. The molecule has 0 spiro atoms. The number of benzene rings is 4. The molecular weight excluding hydrogens is 955 g/mol. The molecule has 73 heavy (non-hydrogen) atoms. The zero-order valence-corrected chi connectivity index (χ0v) is 43.8. The summed E-state index contributed by atoms with van der Waals surface area (Å²) < 4.78 is 10.9. The lowest BCUT2D eigenvalue weighted by atomic mass is 10.0. The van der Waals surface area contributed by atoms with Gasteiger partial charge in [-0.3, -0.25) is 29.0 Å². The van der Waals surface area contributed by atoms with Crippen molar-refractivity contribution in [2.24, 2.45) is 0 Å². The average molecular weight is 1020 g/mol. The fourth-order valence-corrected chi connectivity index (χ4v) is 11.6. The highest BCUT2D eigenvalue weighted by Gasteiger charge is 2.37. The summed E-state index contributed by atoms with van der Waals surface area (Å²) in [6, 6.07) is 34.3. The minimum Gasteiger partial charge on any atom is -0.379 e. The Morgan fingerprint density at radius 3 is 1.85 bits per heavy atom. The van der Waals surface area contributed by atoms with Crippen LogP contribution in [0.15, 0.2) is 133 Å². The summed E-state index contributed by atoms with van der Waals surface area (Å²) in [5, 5.41) is 7.05. The summed E-state index contributed by atoms with van der Waals surface area (Å²) in [6.45, 7) is 17.1. The number of thiazole rings is 1. The van der Waals surface area contributed by atoms with E-state index in [1.807, 2.05) is 90.5 Å². The van der Waals surface area contributed by atoms with Crippen LogP contribution in [0.3, 0.4) is 0 Å². The van der Waals surface area contributed by atoms with Gasteiger partial charge in [-0.05, 0) is 59.6 Å². The molecule has 0 radical (unpaired) electrons. The van der Waals surface area contributed by atoms with Crippen LogP contribution in [0.5, 0.6) is 0 Å². The van der Waals surface area contributed by atoms with Crippen LogP contribution >= 0.6 is 23.1 Å². The van der Waals surface area contributed by atoms with Crippen molar-refractivity contribution in [1.29, 1.82) is 0 Å². The number of nitrogens with one attached hydrogen (secondary N) is 2. The number of hydrogen-bond acceptors (Lipinski definition) is 11. The van der Waals surface area contributed by atoms with Crippen molar-refractivity contribution in [2.45, 2.75) is 64.1 Å². The topological polar surface area (TPSA) is 137 Å². The average Bonchev–Trinajstić information content (AvgIpc) is 4.14. The minimum absolute atomic E-state index is 0.109. The Morgan fingerprint density at radius 2 is 1.29 bits per heavy atom. The predicted octanol–water partition coefficient (Wildman–Crippen LogP) is 9.15. The number of nitrogens with zero attached hydrogens (tertiary/aromatic N) is 5. The number of morpholine rings is 2. The lowest BCUT2D eigenvalue weighted by molar-refractivity contribution is -0.137. The molecule has 0 saturated carbocycles. The number of amides is 4. The third kappa shape index (κ3) is 14.6. The van der Waals surface area contributed by atoms with Crippen molar-refractivity contribution in [3.63, 3.8) is 0 Å². The Labute approximate surface area is 439 Å². The van der Waals surface area contributed by atoms with E-state index in [0.717, 1.165) is 98.5 Å². The fraction of sp³-hybridized carbons (Fsp3) is 0.397. The van der Waals surface area contributed by atoms with Gasteiger partial charge < -0.3 is 29.9 Å². The standard InChI is InChI=1S/C58H69N7O6S2/c1-4-28-64(57(68)54(47-13-8-6-9-14-47)60-52(66)26-30-62-32-36-70-37-33-62)41-42(3)72-50(5-2)45-22-18-43(19-23-45)44-20-24-46(25-21-44)51-40-59-56(73-51)49-17-12-29-65(49)58(69)55(48-15-10-7-11-16-48)61-53(67)27-31-63-34-38-71-39-35-63/h5-11,13-16,18-25,40,49,54-55H,3-4,12,17,26-39,41H2,1-2H3,(H,60,66)(H,61,67). The zero-order chi connectivity index (χ0) is 50.9. The van der Waals surface area contributed by atoms with Gasteiger partial charge in [-0.25, -0.2) is 4.98 Å². The molecule has 3 aliphatic rings. The highest BCUT2D eigenvalue weighted by Crippen LogP contribution is 2.40. The monoisotopic (exact) mass is 1020 g/mol. The van der Waals surface area contributed by atoms with Crippen molar-refractivity contribution in [2.75, 3.05) is 85.3 Å². The molecule has 4 aromatic carbocycles. The van der Waals surface area contributed by atoms with E-state index in [1.54, 1.807) is 23.1 Å². The van der Waals surface area contributed by atoms with Gasteiger partial charge >= 0.3 is 0 Å². The van der Waals surface area contributed by atoms with Gasteiger partial charge in [0.25, 0.3) is 0 Å². The number of hydrogen-bond donors (Lipinski definition) is 2. The number of carbonyl (C=O) groups excluding carboxylic acids is 4. The van der Waals surface area contributed by atoms with Gasteiger partial charge in [-0.2, -0.15) is 0 Å². The maximum atomic E-state index is 14.4. The highest BCUT2D eigenvalue weighted by atomic mass is 32.2. The molecule has 384 valence electrons. The molecule has 3 saturated heterocycles. The van der Waals surface area contributed by atoms with Gasteiger partial charge in [-0.15, -0.1) is 11.3 Å². The van der Waals surface area contributed by atoms with E-state index in [4.69, 9.17) is 14.5 Å². The van der Waals surface area contributed by atoms with Crippen LogP contribution in [0.4, 0.5) is 0 Å². The maximum absolute atomic E-state index is 14.4. The molecular formula is C58H69N7O6S2. The van der Waals surface area contributed by atoms with Crippen molar-refractivity contribution in [3.8, 4) is 21.6 Å². The molecule has 4 amide bonds. The van der Waals surface area contributed by atoms with E-state index in [1.165, 1.54) is 0 Å². The van der Waals surface area contributed by atoms with E-state index < -0.39 is 12.1 Å². The Kier molecular flexibility index (Phi) is 19.6. The summed E-state index contributed by atoms with van der Waals surface area (Å²) in [4.78, 5) is 71.2. The molecule has 8 rings (SSSR count). The fourth-order valence-electron chi connectivity index (χ4n) is 9.59. The second-order valence-electron chi connectivity index (χ2n) is 18.7. The molecule has 0 aliphatic carbocycles. The second-order valence-corrected chi connectivity index (χ2v) is 21.0. The summed E-state index contributed by atoms with van der Waals surface area (Å²) >= 11 is 3.17. The van der Waals surface area contributed by atoms with Crippen LogP contribution in [-0.2, 0) is 28.7 Å². The zero-order valence-electron chi connectivity index (χ0n) is 42.2. The lowest BCUT2D eigenvalue weighted by Crippen LogP contribution is -2.45. The molecule has 3 atom stereocenters. The number of likely N-dealkylation sites (tertiary alicyclic amines) is 1. The van der Waals surface area contributed by atoms with Gasteiger partial charge in [0.2, 0.25) is 23.6 Å². The van der Waals surface area contributed by atoms with E-state index in [9.17, 15) is 19.2 Å². The van der Waals surface area contributed by atoms with Crippen molar-refractivity contribution >= 4 is 51.6 Å². The SMILES string of the molecule is C=C(CN(CCC)C(=O)C(NC(=O)CCN1CCOCC1)c1ccccc1)SC(=CC)c1ccc(-c2ccc(-c3cnc(C4CCCN4C(=O)C(NC(=O)CCN4CCOCC4)c4ccccc4)s3)cc2)cc1. The van der Waals surface area contributed by atoms with E-state index in [0.29, 0.717) is 72.0 Å².